The molecular formula is C15H21NO3. The highest BCUT2D eigenvalue weighted by Crippen LogP contribution is 2.11. The molecular weight excluding hydrogens is 242 g/mol. The second-order valence-electron chi connectivity index (χ2n) is 5.10. The number of hydrogen-bond acceptors (Lipinski definition) is 3. The summed E-state index contributed by atoms with van der Waals surface area (Å²) in [4.78, 5) is 13.4. The molecule has 0 radical (unpaired) electrons. The lowest BCUT2D eigenvalue weighted by Gasteiger charge is -2.29. The third kappa shape index (κ3) is 4.24. The average Bonchev–Trinajstić information content (AvgIpc) is 2.38. The van der Waals surface area contributed by atoms with Crippen LogP contribution < -0.4 is 0 Å². The van der Waals surface area contributed by atoms with Crippen molar-refractivity contribution in [1.82, 2.24) is 4.90 Å². The summed E-state index contributed by atoms with van der Waals surface area (Å²) in [5, 5.41) is 9.51. The Labute approximate surface area is 114 Å². The monoisotopic (exact) mass is 263 g/mol. The maximum absolute atomic E-state index is 11.8. The molecule has 1 N–H and O–H groups in total. The van der Waals surface area contributed by atoms with Crippen LogP contribution >= 0.6 is 0 Å². The summed E-state index contributed by atoms with van der Waals surface area (Å²) in [6.45, 7) is 3.50. The molecule has 104 valence electrons. The van der Waals surface area contributed by atoms with Crippen molar-refractivity contribution < 1.29 is 14.6 Å². The van der Waals surface area contributed by atoms with Crippen LogP contribution in [0.1, 0.15) is 24.0 Å². The fraction of sp³-hybridized carbons (Fsp3) is 0.533. The standard InChI is InChI=1S/C15H21NO3/c1-12-4-2-5-13(10-12)7-9-19-15(18)16-8-3-6-14(17)11-16/h2,4-5,10,14,17H,3,6-9,11H2,1H3. The number of aryl methyl sites for hydroxylation is 1. The van der Waals surface area contributed by atoms with Crippen molar-refractivity contribution in [3.8, 4) is 0 Å². The third-order valence-electron chi connectivity index (χ3n) is 3.35. The zero-order valence-electron chi connectivity index (χ0n) is 11.3. The number of rotatable bonds is 3. The molecule has 1 aliphatic rings. The van der Waals surface area contributed by atoms with Crippen LogP contribution in [-0.4, -0.2) is 41.9 Å². The molecule has 1 aliphatic heterocycles. The van der Waals surface area contributed by atoms with E-state index >= 15 is 0 Å². The number of amides is 1. The molecule has 4 nitrogen and oxygen atoms in total. The summed E-state index contributed by atoms with van der Waals surface area (Å²) in [6.07, 6.45) is 1.62. The van der Waals surface area contributed by atoms with Gasteiger partial charge in [-0.2, -0.15) is 0 Å². The molecule has 0 aromatic heterocycles. The molecule has 1 fully saturated rings. The van der Waals surface area contributed by atoms with Gasteiger partial charge >= 0.3 is 6.09 Å². The normalized spacial score (nSPS) is 19.3. The van der Waals surface area contributed by atoms with Gasteiger partial charge < -0.3 is 14.7 Å². The SMILES string of the molecule is Cc1cccc(CCOC(=O)N2CCCC(O)C2)c1. The first-order valence-electron chi connectivity index (χ1n) is 6.80. The Morgan fingerprint density at radius 1 is 1.53 bits per heavy atom. The first-order chi connectivity index (χ1) is 9.15. The van der Waals surface area contributed by atoms with Crippen molar-refractivity contribution in [2.24, 2.45) is 0 Å². The zero-order valence-corrected chi connectivity index (χ0v) is 11.3. The number of carbonyl (C=O) groups excluding carboxylic acids is 1. The number of piperidine rings is 1. The lowest BCUT2D eigenvalue weighted by Crippen LogP contribution is -2.42. The molecule has 1 unspecified atom stereocenters. The van der Waals surface area contributed by atoms with E-state index < -0.39 is 6.10 Å². The molecule has 1 aromatic rings. The minimum atomic E-state index is -0.405. The van der Waals surface area contributed by atoms with Crippen LogP contribution in [0.5, 0.6) is 0 Å². The van der Waals surface area contributed by atoms with Gasteiger partial charge in [0.1, 0.15) is 0 Å². The predicted molar refractivity (Wildman–Crippen MR) is 73.0 cm³/mol. The largest absolute Gasteiger partial charge is 0.449 e. The van der Waals surface area contributed by atoms with E-state index in [2.05, 4.69) is 6.07 Å². The van der Waals surface area contributed by atoms with E-state index in [1.807, 2.05) is 25.1 Å². The number of benzene rings is 1. The zero-order chi connectivity index (χ0) is 13.7. The minimum Gasteiger partial charge on any atom is -0.449 e. The number of ether oxygens (including phenoxy) is 1. The Morgan fingerprint density at radius 2 is 2.37 bits per heavy atom. The first kappa shape index (κ1) is 13.9. The molecule has 1 atom stereocenters. The van der Waals surface area contributed by atoms with Crippen molar-refractivity contribution in [2.75, 3.05) is 19.7 Å². The van der Waals surface area contributed by atoms with E-state index in [9.17, 15) is 9.90 Å². The van der Waals surface area contributed by atoms with E-state index in [1.165, 1.54) is 11.1 Å². The molecule has 4 heteroatoms. The highest BCUT2D eigenvalue weighted by molar-refractivity contribution is 5.67. The van der Waals surface area contributed by atoms with Crippen LogP contribution in [-0.2, 0) is 11.2 Å². The van der Waals surface area contributed by atoms with Gasteiger partial charge in [-0.05, 0) is 25.3 Å². The highest BCUT2D eigenvalue weighted by Gasteiger charge is 2.22. The van der Waals surface area contributed by atoms with Gasteiger partial charge in [-0.25, -0.2) is 4.79 Å². The second kappa shape index (κ2) is 6.57. The van der Waals surface area contributed by atoms with Crippen LogP contribution in [0.15, 0.2) is 24.3 Å². The van der Waals surface area contributed by atoms with Gasteiger partial charge in [0.2, 0.25) is 0 Å². The molecule has 1 aromatic carbocycles. The van der Waals surface area contributed by atoms with Gasteiger partial charge in [0.05, 0.1) is 12.7 Å². The summed E-state index contributed by atoms with van der Waals surface area (Å²) in [5.74, 6) is 0. The molecule has 0 saturated carbocycles. The molecule has 0 bridgehead atoms. The van der Waals surface area contributed by atoms with Crippen molar-refractivity contribution in [3.05, 3.63) is 35.4 Å². The van der Waals surface area contributed by atoms with E-state index in [4.69, 9.17) is 4.74 Å². The van der Waals surface area contributed by atoms with Crippen LogP contribution in [0.4, 0.5) is 4.79 Å². The lowest BCUT2D eigenvalue weighted by molar-refractivity contribution is 0.0495. The van der Waals surface area contributed by atoms with Gasteiger partial charge in [0, 0.05) is 19.5 Å². The smallest absolute Gasteiger partial charge is 0.409 e. The van der Waals surface area contributed by atoms with E-state index in [0.29, 0.717) is 19.7 Å². The van der Waals surface area contributed by atoms with Gasteiger partial charge in [-0.15, -0.1) is 0 Å². The molecule has 1 amide bonds. The van der Waals surface area contributed by atoms with Gasteiger partial charge in [0.15, 0.2) is 0 Å². The van der Waals surface area contributed by atoms with E-state index in [1.54, 1.807) is 4.90 Å². The van der Waals surface area contributed by atoms with Crippen LogP contribution in [0.2, 0.25) is 0 Å². The van der Waals surface area contributed by atoms with Crippen molar-refractivity contribution >= 4 is 6.09 Å². The highest BCUT2D eigenvalue weighted by atomic mass is 16.6. The summed E-state index contributed by atoms with van der Waals surface area (Å²) in [7, 11) is 0. The van der Waals surface area contributed by atoms with Crippen molar-refractivity contribution in [2.45, 2.75) is 32.3 Å². The number of β-amino-alcohol motifs (C(OH)–C–C–N with tert-alkyl or cyclic N) is 1. The van der Waals surface area contributed by atoms with Crippen LogP contribution in [0.25, 0.3) is 0 Å². The number of likely N-dealkylation sites (tertiary alicyclic amines) is 1. The quantitative estimate of drug-likeness (QED) is 0.909. The molecule has 19 heavy (non-hydrogen) atoms. The fourth-order valence-corrected chi connectivity index (χ4v) is 2.34. The first-order valence-corrected chi connectivity index (χ1v) is 6.80. The number of hydrogen-bond donors (Lipinski definition) is 1. The van der Waals surface area contributed by atoms with E-state index in [-0.39, 0.29) is 6.09 Å². The Bertz CT molecular complexity index is 433. The average molecular weight is 263 g/mol. The van der Waals surface area contributed by atoms with Gasteiger partial charge in [-0.3, -0.25) is 0 Å². The van der Waals surface area contributed by atoms with E-state index in [0.717, 1.165) is 19.3 Å². The Balaban J connectivity index is 1.74. The Kier molecular flexibility index (Phi) is 4.80. The minimum absolute atomic E-state index is 0.314. The van der Waals surface area contributed by atoms with Crippen molar-refractivity contribution in [3.63, 3.8) is 0 Å². The molecule has 0 aliphatic carbocycles. The maximum Gasteiger partial charge on any atom is 0.409 e. The Hall–Kier alpha value is -1.55. The number of aliphatic hydroxyl groups is 1. The van der Waals surface area contributed by atoms with Crippen LogP contribution in [0.3, 0.4) is 0 Å². The summed E-state index contributed by atoms with van der Waals surface area (Å²) in [6, 6.07) is 8.18. The van der Waals surface area contributed by atoms with Gasteiger partial charge in [-0.1, -0.05) is 29.8 Å². The lowest BCUT2D eigenvalue weighted by atomic mass is 10.1. The maximum atomic E-state index is 11.8. The van der Waals surface area contributed by atoms with Crippen LogP contribution in [0, 0.1) is 6.92 Å². The number of carbonyl (C=O) groups is 1. The third-order valence-corrected chi connectivity index (χ3v) is 3.35. The summed E-state index contributed by atoms with van der Waals surface area (Å²) < 4.78 is 5.25. The summed E-state index contributed by atoms with van der Waals surface area (Å²) >= 11 is 0. The molecule has 1 heterocycles. The van der Waals surface area contributed by atoms with Crippen molar-refractivity contribution in [1.29, 1.82) is 0 Å². The number of nitrogens with zero attached hydrogens (tertiary/aromatic N) is 1. The summed E-state index contributed by atoms with van der Waals surface area (Å²) in [5.41, 5.74) is 2.38. The molecule has 0 spiro atoms. The second-order valence-corrected chi connectivity index (χ2v) is 5.10. The molecule has 2 rings (SSSR count). The fourth-order valence-electron chi connectivity index (χ4n) is 2.34. The van der Waals surface area contributed by atoms with Gasteiger partial charge in [0.25, 0.3) is 0 Å². The topological polar surface area (TPSA) is 49.8 Å². The number of aliphatic hydroxyl groups excluding tert-OH is 1. The predicted octanol–water partition coefficient (Wildman–Crippen LogP) is 2.13. The molecule has 1 saturated heterocycles. The Morgan fingerprint density at radius 3 is 3.11 bits per heavy atom.